The van der Waals surface area contributed by atoms with Crippen molar-refractivity contribution in [2.24, 2.45) is 4.99 Å². The van der Waals surface area contributed by atoms with Crippen molar-refractivity contribution in [2.75, 3.05) is 5.73 Å². The third-order valence-electron chi connectivity index (χ3n) is 4.50. The predicted molar refractivity (Wildman–Crippen MR) is 101 cm³/mol. The summed E-state index contributed by atoms with van der Waals surface area (Å²) in [4.78, 5) is 20.1. The van der Waals surface area contributed by atoms with Gasteiger partial charge in [0.25, 0.3) is 5.69 Å². The molecule has 3 heterocycles. The number of non-ortho nitro benzene ring substituents is 1. The fourth-order valence-corrected chi connectivity index (χ4v) is 3.36. The summed E-state index contributed by atoms with van der Waals surface area (Å²) in [5.41, 5.74) is 11.0. The summed E-state index contributed by atoms with van der Waals surface area (Å²) < 4.78 is 1.67. The zero-order chi connectivity index (χ0) is 18.5. The lowest BCUT2D eigenvalue weighted by atomic mass is 10.0. The molecule has 8 heteroatoms. The lowest BCUT2D eigenvalue weighted by Crippen LogP contribution is -2.06. The first kappa shape index (κ1) is 15.2. The van der Waals surface area contributed by atoms with Crippen LogP contribution in [-0.2, 0) is 0 Å². The molecular formula is C19H12N6O2. The minimum atomic E-state index is -0.415. The van der Waals surface area contributed by atoms with Crippen LogP contribution in [0.5, 0.6) is 0 Å². The first-order valence-corrected chi connectivity index (χ1v) is 8.20. The Morgan fingerprint density at radius 1 is 1.04 bits per heavy atom. The van der Waals surface area contributed by atoms with E-state index in [1.54, 1.807) is 22.8 Å². The number of hydrogen-bond donors (Lipinski definition) is 1. The summed E-state index contributed by atoms with van der Waals surface area (Å²) in [5.74, 6) is 0.160. The Balaban J connectivity index is 1.88. The summed E-state index contributed by atoms with van der Waals surface area (Å²) in [5, 5.41) is 15.5. The van der Waals surface area contributed by atoms with Crippen molar-refractivity contribution in [3.63, 3.8) is 0 Å². The normalized spacial score (nSPS) is 12.4. The number of nitrogens with zero attached hydrogens (tertiary/aromatic N) is 5. The number of aromatic nitrogens is 3. The maximum Gasteiger partial charge on any atom is 0.270 e. The zero-order valence-corrected chi connectivity index (χ0v) is 13.9. The molecule has 0 atom stereocenters. The molecule has 130 valence electrons. The van der Waals surface area contributed by atoms with Gasteiger partial charge in [0.15, 0.2) is 0 Å². The van der Waals surface area contributed by atoms with Crippen LogP contribution in [0.15, 0.2) is 65.8 Å². The molecule has 0 fully saturated rings. The van der Waals surface area contributed by atoms with Crippen molar-refractivity contribution >= 4 is 28.6 Å². The van der Waals surface area contributed by atoms with E-state index in [2.05, 4.69) is 10.1 Å². The molecule has 0 spiro atoms. The van der Waals surface area contributed by atoms with Gasteiger partial charge in [0.2, 0.25) is 5.95 Å². The number of fused-ring (bicyclic) bond motifs is 2. The molecule has 4 aromatic rings. The number of benzene rings is 2. The molecule has 0 amide bonds. The molecular weight excluding hydrogens is 344 g/mol. The second kappa shape index (κ2) is 5.46. The number of para-hydroxylation sites is 1. The van der Waals surface area contributed by atoms with Crippen LogP contribution in [0.3, 0.4) is 0 Å². The molecule has 2 aromatic heterocycles. The average molecular weight is 356 g/mol. The van der Waals surface area contributed by atoms with Crippen LogP contribution >= 0.6 is 0 Å². The van der Waals surface area contributed by atoms with Crippen molar-refractivity contribution < 1.29 is 4.92 Å². The summed E-state index contributed by atoms with van der Waals surface area (Å²) in [7, 11) is 0. The first-order chi connectivity index (χ1) is 13.1. The number of nitro groups is 1. The molecule has 8 nitrogen and oxygen atoms in total. The van der Waals surface area contributed by atoms with Crippen molar-refractivity contribution in [1.82, 2.24) is 14.6 Å². The molecule has 0 bridgehead atoms. The van der Waals surface area contributed by atoms with Crippen LogP contribution in [0.25, 0.3) is 16.8 Å². The van der Waals surface area contributed by atoms with Crippen LogP contribution in [-0.4, -0.2) is 25.2 Å². The van der Waals surface area contributed by atoms with Crippen molar-refractivity contribution in [2.45, 2.75) is 0 Å². The summed E-state index contributed by atoms with van der Waals surface area (Å²) in [6.45, 7) is 0. The highest BCUT2D eigenvalue weighted by atomic mass is 16.6. The Morgan fingerprint density at radius 2 is 1.89 bits per heavy atom. The molecule has 0 saturated heterocycles. The summed E-state index contributed by atoms with van der Waals surface area (Å²) in [6, 6.07) is 15.9. The van der Waals surface area contributed by atoms with E-state index in [9.17, 15) is 10.1 Å². The second-order valence-electron chi connectivity index (χ2n) is 6.13. The van der Waals surface area contributed by atoms with Gasteiger partial charge in [-0.25, -0.2) is 14.5 Å². The lowest BCUT2D eigenvalue weighted by molar-refractivity contribution is -0.384. The molecule has 1 aliphatic rings. The van der Waals surface area contributed by atoms with Gasteiger partial charge in [-0.15, -0.1) is 5.10 Å². The molecule has 0 saturated carbocycles. The Kier molecular flexibility index (Phi) is 3.08. The van der Waals surface area contributed by atoms with E-state index in [0.717, 1.165) is 22.3 Å². The number of aliphatic imine (C=N–C) groups is 1. The zero-order valence-electron chi connectivity index (χ0n) is 13.9. The Hall–Kier alpha value is -4.07. The third kappa shape index (κ3) is 2.27. The molecule has 5 rings (SSSR count). The van der Waals surface area contributed by atoms with E-state index in [4.69, 9.17) is 10.7 Å². The van der Waals surface area contributed by atoms with Crippen molar-refractivity contribution in [1.29, 1.82) is 0 Å². The minimum Gasteiger partial charge on any atom is -0.367 e. The largest absolute Gasteiger partial charge is 0.367 e. The van der Waals surface area contributed by atoms with Gasteiger partial charge in [0.1, 0.15) is 11.2 Å². The number of nitro benzene ring substituents is 1. The highest BCUT2D eigenvalue weighted by molar-refractivity contribution is 6.21. The number of rotatable bonds is 2. The molecule has 1 aliphatic heterocycles. The highest BCUT2D eigenvalue weighted by Crippen LogP contribution is 2.38. The van der Waals surface area contributed by atoms with Gasteiger partial charge >= 0.3 is 0 Å². The fraction of sp³-hybridized carbons (Fsp3) is 0. The smallest absolute Gasteiger partial charge is 0.270 e. The monoisotopic (exact) mass is 356 g/mol. The van der Waals surface area contributed by atoms with Gasteiger partial charge in [-0.05, 0) is 12.1 Å². The van der Waals surface area contributed by atoms with Crippen molar-refractivity contribution in [3.8, 4) is 11.3 Å². The van der Waals surface area contributed by atoms with Crippen LogP contribution in [0.1, 0.15) is 11.1 Å². The van der Waals surface area contributed by atoms with Gasteiger partial charge in [-0.3, -0.25) is 10.1 Å². The van der Waals surface area contributed by atoms with E-state index >= 15 is 0 Å². The van der Waals surface area contributed by atoms with Crippen LogP contribution in [0.2, 0.25) is 0 Å². The number of hydrogen-bond acceptors (Lipinski definition) is 6. The van der Waals surface area contributed by atoms with Crippen LogP contribution in [0, 0.1) is 10.1 Å². The van der Waals surface area contributed by atoms with Gasteiger partial charge in [-0.2, -0.15) is 0 Å². The SMILES string of the molecule is Nc1nc2c3c(ccn3n1)C(c1cccc([N+](=O)[O-])c1)=Nc1ccccc1-2. The summed E-state index contributed by atoms with van der Waals surface area (Å²) >= 11 is 0. The Bertz CT molecular complexity index is 1270. The molecule has 0 unspecified atom stereocenters. The van der Waals surface area contributed by atoms with Gasteiger partial charge < -0.3 is 5.73 Å². The lowest BCUT2D eigenvalue weighted by Gasteiger charge is -2.06. The maximum atomic E-state index is 11.2. The first-order valence-electron chi connectivity index (χ1n) is 8.20. The topological polar surface area (TPSA) is 112 Å². The Morgan fingerprint density at radius 3 is 2.74 bits per heavy atom. The highest BCUT2D eigenvalue weighted by Gasteiger charge is 2.24. The standard InChI is InChI=1S/C19H12N6O2/c20-19-22-17-13-6-1-2-7-15(13)21-16(14-8-9-24(23-19)18(14)17)11-4-3-5-12(10-11)25(26)27/h1-10H,(H2,20,23). The second-order valence-corrected chi connectivity index (χ2v) is 6.13. The van der Waals surface area contributed by atoms with Gasteiger partial charge in [0, 0.05) is 35.0 Å². The van der Waals surface area contributed by atoms with E-state index in [1.807, 2.05) is 30.3 Å². The third-order valence-corrected chi connectivity index (χ3v) is 4.50. The molecule has 0 radical (unpaired) electrons. The van der Waals surface area contributed by atoms with Crippen LogP contribution < -0.4 is 5.73 Å². The average Bonchev–Trinajstić information content (AvgIpc) is 3.03. The number of nitrogen functional groups attached to an aromatic ring is 1. The molecule has 27 heavy (non-hydrogen) atoms. The maximum absolute atomic E-state index is 11.2. The molecule has 0 aliphatic carbocycles. The molecule has 2 aromatic carbocycles. The predicted octanol–water partition coefficient (Wildman–Crippen LogP) is 3.37. The van der Waals surface area contributed by atoms with E-state index in [0.29, 0.717) is 17.0 Å². The van der Waals surface area contributed by atoms with E-state index in [-0.39, 0.29) is 11.6 Å². The van der Waals surface area contributed by atoms with Crippen LogP contribution in [0.4, 0.5) is 17.3 Å². The number of anilines is 1. The van der Waals surface area contributed by atoms with E-state index in [1.165, 1.54) is 12.1 Å². The van der Waals surface area contributed by atoms with Gasteiger partial charge in [-0.1, -0.05) is 30.3 Å². The Labute approximate surface area is 152 Å². The fourth-order valence-electron chi connectivity index (χ4n) is 3.36. The number of nitrogens with two attached hydrogens (primary N) is 1. The molecule has 2 N–H and O–H groups in total. The van der Waals surface area contributed by atoms with Gasteiger partial charge in [0.05, 0.1) is 16.3 Å². The summed E-state index contributed by atoms with van der Waals surface area (Å²) in [6.07, 6.45) is 1.78. The minimum absolute atomic E-state index is 0.0111. The van der Waals surface area contributed by atoms with Crippen molar-refractivity contribution in [3.05, 3.63) is 82.0 Å². The van der Waals surface area contributed by atoms with E-state index < -0.39 is 4.92 Å². The quantitative estimate of drug-likeness (QED) is 0.385.